The first-order valence-corrected chi connectivity index (χ1v) is 9.12. The van der Waals surface area contributed by atoms with Crippen LogP contribution in [-0.4, -0.2) is 75.5 Å². The molecule has 2 atom stereocenters. The maximum absolute atomic E-state index is 12.7. The Balaban J connectivity index is 2.92. The van der Waals surface area contributed by atoms with Crippen molar-refractivity contribution in [1.29, 1.82) is 0 Å². The molecular weight excluding hydrogens is 370 g/mol. The highest BCUT2D eigenvalue weighted by Crippen LogP contribution is 2.24. The highest BCUT2D eigenvalue weighted by Gasteiger charge is 2.41. The van der Waals surface area contributed by atoms with Crippen LogP contribution >= 0.6 is 0 Å². The van der Waals surface area contributed by atoms with E-state index in [4.69, 9.17) is 9.47 Å². The number of nitrogens with zero attached hydrogens (tertiary/aromatic N) is 2. The molecule has 1 heterocycles. The molecule has 1 aliphatic heterocycles. The molecule has 0 aliphatic carbocycles. The Morgan fingerprint density at radius 2 is 1.61 bits per heavy atom. The first-order valence-electron chi connectivity index (χ1n) is 9.12. The summed E-state index contributed by atoms with van der Waals surface area (Å²) in [7, 11) is 0. The molecule has 28 heavy (non-hydrogen) atoms. The van der Waals surface area contributed by atoms with Crippen molar-refractivity contribution in [3.63, 3.8) is 0 Å². The van der Waals surface area contributed by atoms with Gasteiger partial charge in [-0.2, -0.15) is 0 Å². The van der Waals surface area contributed by atoms with Gasteiger partial charge >= 0.3 is 18.3 Å². The monoisotopic (exact) mass is 401 g/mol. The molecule has 2 N–H and O–H groups in total. The van der Waals surface area contributed by atoms with Crippen molar-refractivity contribution < 1.29 is 33.8 Å². The average Bonchev–Trinajstić information content (AvgIpc) is 2.83. The predicted molar refractivity (Wildman–Crippen MR) is 99.9 cm³/mol. The van der Waals surface area contributed by atoms with E-state index in [1.165, 1.54) is 0 Å². The number of carboxylic acid groups (broad SMARTS) is 1. The van der Waals surface area contributed by atoms with Crippen molar-refractivity contribution in [2.75, 3.05) is 13.1 Å². The van der Waals surface area contributed by atoms with Crippen molar-refractivity contribution in [2.24, 2.45) is 0 Å². The molecule has 0 aromatic carbocycles. The summed E-state index contributed by atoms with van der Waals surface area (Å²) in [5.41, 5.74) is -1.58. The Morgan fingerprint density at radius 1 is 1.07 bits per heavy atom. The molecule has 0 saturated carbocycles. The van der Waals surface area contributed by atoms with Crippen molar-refractivity contribution in [1.82, 2.24) is 15.1 Å². The molecule has 1 fully saturated rings. The fraction of sp³-hybridized carbons (Fsp3) is 0.778. The van der Waals surface area contributed by atoms with E-state index in [-0.39, 0.29) is 19.0 Å². The first-order chi connectivity index (χ1) is 12.6. The lowest BCUT2D eigenvalue weighted by molar-refractivity contribution is -0.131. The van der Waals surface area contributed by atoms with E-state index in [0.29, 0.717) is 0 Å². The summed E-state index contributed by atoms with van der Waals surface area (Å²) in [6, 6.07) is -1.05. The minimum absolute atomic E-state index is 0.0199. The SMILES string of the molecule is C[C@@H]1C[C@@H](N(C(=O)CNC(=O)OC(C)(C)C)C(=O)OC(C)(C)C)CN1C(=O)O. The van der Waals surface area contributed by atoms with Crippen LogP contribution in [0.1, 0.15) is 54.9 Å². The zero-order valence-electron chi connectivity index (χ0n) is 17.6. The Hall–Kier alpha value is -2.52. The number of likely N-dealkylation sites (tertiary alicyclic amines) is 1. The van der Waals surface area contributed by atoms with E-state index in [0.717, 1.165) is 9.80 Å². The van der Waals surface area contributed by atoms with Gasteiger partial charge in [0.25, 0.3) is 5.91 Å². The van der Waals surface area contributed by atoms with Gasteiger partial charge in [-0.15, -0.1) is 0 Å². The molecule has 0 bridgehead atoms. The smallest absolute Gasteiger partial charge is 0.417 e. The number of carbonyl (C=O) groups is 4. The molecule has 1 saturated heterocycles. The molecular formula is C18H31N3O7. The number of hydrogen-bond acceptors (Lipinski definition) is 6. The second-order valence-electron chi connectivity index (χ2n) is 8.77. The zero-order valence-corrected chi connectivity index (χ0v) is 17.6. The Labute approximate surface area is 165 Å². The van der Waals surface area contributed by atoms with Crippen LogP contribution in [-0.2, 0) is 14.3 Å². The summed E-state index contributed by atoms with van der Waals surface area (Å²) in [5.74, 6) is -0.704. The molecule has 4 amide bonds. The van der Waals surface area contributed by atoms with E-state index < -0.39 is 48.0 Å². The molecule has 1 rings (SSSR count). The quantitative estimate of drug-likeness (QED) is 0.744. The summed E-state index contributed by atoms with van der Waals surface area (Å²) in [5, 5.41) is 11.6. The third-order valence-electron chi connectivity index (χ3n) is 3.81. The van der Waals surface area contributed by atoms with Crippen LogP contribution in [0.5, 0.6) is 0 Å². The normalized spacial score (nSPS) is 19.8. The summed E-state index contributed by atoms with van der Waals surface area (Å²) in [6.07, 6.45) is -2.52. The lowest BCUT2D eigenvalue weighted by Gasteiger charge is -2.30. The van der Waals surface area contributed by atoms with Gasteiger partial charge in [0.05, 0.1) is 6.04 Å². The number of hydrogen-bond donors (Lipinski definition) is 2. The van der Waals surface area contributed by atoms with E-state index in [1.807, 2.05) is 0 Å². The molecule has 0 aromatic heterocycles. The van der Waals surface area contributed by atoms with Gasteiger partial charge in [-0.25, -0.2) is 19.3 Å². The Kier molecular flexibility index (Phi) is 7.27. The molecule has 10 heteroatoms. The van der Waals surface area contributed by atoms with E-state index in [2.05, 4.69) is 5.32 Å². The van der Waals surface area contributed by atoms with E-state index in [9.17, 15) is 24.3 Å². The number of rotatable bonds is 3. The molecule has 0 unspecified atom stereocenters. The minimum atomic E-state index is -1.13. The second-order valence-corrected chi connectivity index (χ2v) is 8.77. The Bertz CT molecular complexity index is 622. The Morgan fingerprint density at radius 3 is 2.04 bits per heavy atom. The van der Waals surface area contributed by atoms with Gasteiger partial charge < -0.3 is 24.8 Å². The fourth-order valence-corrected chi connectivity index (χ4v) is 2.77. The largest absolute Gasteiger partial charge is 0.465 e. The van der Waals surface area contributed by atoms with Crippen molar-refractivity contribution in [2.45, 2.75) is 78.2 Å². The van der Waals surface area contributed by atoms with E-state index >= 15 is 0 Å². The number of nitrogens with one attached hydrogen (secondary N) is 1. The van der Waals surface area contributed by atoms with Crippen LogP contribution in [0.3, 0.4) is 0 Å². The van der Waals surface area contributed by atoms with Gasteiger partial charge in [0.2, 0.25) is 0 Å². The van der Waals surface area contributed by atoms with Crippen LogP contribution in [0.25, 0.3) is 0 Å². The number of imide groups is 1. The standard InChI is InChI=1S/C18H31N3O7/c1-11-8-12(10-20(11)15(24)25)21(16(26)28-18(5,6)7)13(22)9-19-14(23)27-17(2,3)4/h11-12H,8-10H2,1-7H3,(H,19,23)(H,24,25)/t11-,12-/m1/s1. The first kappa shape index (κ1) is 23.5. The number of alkyl carbamates (subject to hydrolysis) is 1. The summed E-state index contributed by atoms with van der Waals surface area (Å²) < 4.78 is 10.4. The molecule has 1 aliphatic rings. The van der Waals surface area contributed by atoms with Gasteiger partial charge in [-0.3, -0.25) is 4.79 Å². The third kappa shape index (κ3) is 7.24. The van der Waals surface area contributed by atoms with Crippen molar-refractivity contribution >= 4 is 24.2 Å². The van der Waals surface area contributed by atoms with Crippen LogP contribution in [0, 0.1) is 0 Å². The average molecular weight is 401 g/mol. The highest BCUT2D eigenvalue weighted by molar-refractivity contribution is 5.95. The van der Waals surface area contributed by atoms with Crippen LogP contribution in [0.15, 0.2) is 0 Å². The summed E-state index contributed by atoms with van der Waals surface area (Å²) in [6.45, 7) is 11.2. The predicted octanol–water partition coefficient (Wildman–Crippen LogP) is 2.42. The number of carbonyl (C=O) groups excluding carboxylic acids is 3. The molecule has 10 nitrogen and oxygen atoms in total. The fourth-order valence-electron chi connectivity index (χ4n) is 2.77. The lowest BCUT2D eigenvalue weighted by Crippen LogP contribution is -2.51. The molecule has 0 radical (unpaired) electrons. The highest BCUT2D eigenvalue weighted by atomic mass is 16.6. The van der Waals surface area contributed by atoms with Crippen LogP contribution in [0.2, 0.25) is 0 Å². The van der Waals surface area contributed by atoms with Crippen molar-refractivity contribution in [3.8, 4) is 0 Å². The molecule has 0 aromatic rings. The summed E-state index contributed by atoms with van der Waals surface area (Å²) in [4.78, 5) is 50.5. The van der Waals surface area contributed by atoms with Gasteiger partial charge in [0, 0.05) is 12.6 Å². The molecule has 160 valence electrons. The summed E-state index contributed by atoms with van der Waals surface area (Å²) >= 11 is 0. The maximum Gasteiger partial charge on any atom is 0.417 e. The number of amides is 4. The zero-order chi connectivity index (χ0) is 21.9. The van der Waals surface area contributed by atoms with Crippen molar-refractivity contribution in [3.05, 3.63) is 0 Å². The second kappa shape index (κ2) is 8.66. The van der Waals surface area contributed by atoms with Crippen LogP contribution < -0.4 is 5.32 Å². The van der Waals surface area contributed by atoms with Gasteiger partial charge in [0.1, 0.15) is 17.7 Å². The topological polar surface area (TPSA) is 125 Å². The minimum Gasteiger partial charge on any atom is -0.465 e. The van der Waals surface area contributed by atoms with Gasteiger partial charge in [0.15, 0.2) is 0 Å². The molecule has 0 spiro atoms. The maximum atomic E-state index is 12.7. The van der Waals surface area contributed by atoms with Gasteiger partial charge in [-0.1, -0.05) is 0 Å². The van der Waals surface area contributed by atoms with Gasteiger partial charge in [-0.05, 0) is 54.9 Å². The van der Waals surface area contributed by atoms with E-state index in [1.54, 1.807) is 48.5 Å². The lowest BCUT2D eigenvalue weighted by atomic mass is 10.1. The third-order valence-corrected chi connectivity index (χ3v) is 3.81. The number of ether oxygens (including phenoxy) is 2. The van der Waals surface area contributed by atoms with Crippen LogP contribution in [0.4, 0.5) is 14.4 Å².